The smallest absolute Gasteiger partial charge is 0.253 e. The van der Waals surface area contributed by atoms with Crippen LogP contribution in [-0.4, -0.2) is 42.3 Å². The van der Waals surface area contributed by atoms with E-state index in [9.17, 15) is 14.4 Å². The van der Waals surface area contributed by atoms with E-state index in [1.165, 1.54) is 0 Å². The average Bonchev–Trinajstić information content (AvgIpc) is 2.67. The fourth-order valence-electron chi connectivity index (χ4n) is 2.68. The zero-order chi connectivity index (χ0) is 19.8. The average molecular weight is 367 g/mol. The van der Waals surface area contributed by atoms with Gasteiger partial charge >= 0.3 is 0 Å². The van der Waals surface area contributed by atoms with Gasteiger partial charge in [0.1, 0.15) is 0 Å². The van der Waals surface area contributed by atoms with Gasteiger partial charge in [-0.2, -0.15) is 0 Å². The van der Waals surface area contributed by atoms with Crippen LogP contribution in [0.25, 0.3) is 0 Å². The number of hydrogen-bond donors (Lipinski definition) is 2. The van der Waals surface area contributed by atoms with Crippen LogP contribution in [-0.2, 0) is 4.79 Å². The van der Waals surface area contributed by atoms with Crippen molar-refractivity contribution in [3.63, 3.8) is 0 Å². The maximum Gasteiger partial charge on any atom is 0.253 e. The van der Waals surface area contributed by atoms with Gasteiger partial charge in [-0.3, -0.25) is 14.4 Å². The number of rotatable bonds is 7. The number of aryl methyl sites for hydroxylation is 1. The molecule has 0 bridgehead atoms. The van der Waals surface area contributed by atoms with E-state index in [2.05, 4.69) is 10.6 Å². The molecular weight excluding hydrogens is 342 g/mol. The van der Waals surface area contributed by atoms with E-state index in [1.54, 1.807) is 47.4 Å². The number of amides is 3. The fourth-order valence-corrected chi connectivity index (χ4v) is 2.68. The number of benzene rings is 2. The van der Waals surface area contributed by atoms with E-state index >= 15 is 0 Å². The van der Waals surface area contributed by atoms with E-state index < -0.39 is 0 Å². The molecule has 0 saturated carbocycles. The Kier molecular flexibility index (Phi) is 7.11. The number of nitrogens with one attached hydrogen (secondary N) is 2. The van der Waals surface area contributed by atoms with Crippen LogP contribution in [0.4, 0.5) is 5.69 Å². The summed E-state index contributed by atoms with van der Waals surface area (Å²) < 4.78 is 0. The number of hydrogen-bond acceptors (Lipinski definition) is 3. The van der Waals surface area contributed by atoms with Crippen LogP contribution in [0.1, 0.15) is 40.1 Å². The predicted molar refractivity (Wildman–Crippen MR) is 106 cm³/mol. The highest BCUT2D eigenvalue weighted by atomic mass is 16.2. The highest BCUT2D eigenvalue weighted by molar-refractivity contribution is 6.00. The molecule has 0 unspecified atom stereocenters. The molecule has 0 spiro atoms. The lowest BCUT2D eigenvalue weighted by atomic mass is 10.1. The van der Waals surface area contributed by atoms with E-state index in [1.807, 2.05) is 26.8 Å². The second-order valence-electron chi connectivity index (χ2n) is 6.16. The molecular formula is C21H25N3O3. The molecule has 2 aromatic rings. The molecule has 0 saturated heterocycles. The van der Waals surface area contributed by atoms with E-state index in [-0.39, 0.29) is 24.3 Å². The molecule has 2 N–H and O–H groups in total. The molecule has 0 aromatic heterocycles. The van der Waals surface area contributed by atoms with Gasteiger partial charge < -0.3 is 15.5 Å². The third kappa shape index (κ3) is 5.67. The van der Waals surface area contributed by atoms with Crippen molar-refractivity contribution < 1.29 is 14.4 Å². The van der Waals surface area contributed by atoms with Crippen molar-refractivity contribution in [1.82, 2.24) is 10.2 Å². The lowest BCUT2D eigenvalue weighted by Gasteiger charge is -2.19. The summed E-state index contributed by atoms with van der Waals surface area (Å²) in [6.45, 7) is 6.83. The van der Waals surface area contributed by atoms with Crippen LogP contribution >= 0.6 is 0 Å². The van der Waals surface area contributed by atoms with Crippen LogP contribution in [0.5, 0.6) is 0 Å². The van der Waals surface area contributed by atoms with Crippen molar-refractivity contribution >= 4 is 23.4 Å². The summed E-state index contributed by atoms with van der Waals surface area (Å²) >= 11 is 0. The maximum atomic E-state index is 12.4. The second-order valence-corrected chi connectivity index (χ2v) is 6.16. The van der Waals surface area contributed by atoms with Crippen LogP contribution in [0.15, 0.2) is 48.5 Å². The number of anilines is 1. The molecule has 0 heterocycles. The Labute approximate surface area is 159 Å². The van der Waals surface area contributed by atoms with Gasteiger partial charge in [0, 0.05) is 29.9 Å². The standard InChI is InChI=1S/C21H25N3O3/c1-4-24(5-2)21(27)17-10-7-11-18(13-17)23-19(25)14-22-20(26)16-9-6-8-15(3)12-16/h6-13H,4-5,14H2,1-3H3,(H,22,26)(H,23,25). The van der Waals surface area contributed by atoms with Crippen molar-refractivity contribution in [2.75, 3.05) is 25.0 Å². The fraction of sp³-hybridized carbons (Fsp3) is 0.286. The zero-order valence-electron chi connectivity index (χ0n) is 15.9. The van der Waals surface area contributed by atoms with E-state index in [0.29, 0.717) is 29.9 Å². The van der Waals surface area contributed by atoms with Crippen molar-refractivity contribution in [2.24, 2.45) is 0 Å². The summed E-state index contributed by atoms with van der Waals surface area (Å²) in [5.74, 6) is -0.744. The lowest BCUT2D eigenvalue weighted by molar-refractivity contribution is -0.115. The molecule has 3 amide bonds. The molecule has 0 atom stereocenters. The molecule has 0 aliphatic carbocycles. The van der Waals surface area contributed by atoms with Gasteiger partial charge in [0.05, 0.1) is 6.54 Å². The molecule has 0 fully saturated rings. The highest BCUT2D eigenvalue weighted by Crippen LogP contribution is 2.13. The van der Waals surface area contributed by atoms with Crippen LogP contribution in [0, 0.1) is 6.92 Å². The summed E-state index contributed by atoms with van der Waals surface area (Å²) in [4.78, 5) is 38.3. The first-order chi connectivity index (χ1) is 12.9. The van der Waals surface area contributed by atoms with Gasteiger partial charge in [-0.1, -0.05) is 23.8 Å². The first kappa shape index (κ1) is 20.2. The Bertz CT molecular complexity index is 829. The van der Waals surface area contributed by atoms with Crippen molar-refractivity contribution in [1.29, 1.82) is 0 Å². The summed E-state index contributed by atoms with van der Waals surface area (Å²) in [7, 11) is 0. The maximum absolute atomic E-state index is 12.4. The molecule has 6 nitrogen and oxygen atoms in total. The normalized spacial score (nSPS) is 10.2. The topological polar surface area (TPSA) is 78.5 Å². The molecule has 0 radical (unpaired) electrons. The van der Waals surface area contributed by atoms with Gasteiger partial charge in [-0.15, -0.1) is 0 Å². The number of nitrogens with zero attached hydrogens (tertiary/aromatic N) is 1. The minimum atomic E-state index is -0.358. The van der Waals surface area contributed by atoms with Gasteiger partial charge in [0.15, 0.2) is 0 Å². The summed E-state index contributed by atoms with van der Waals surface area (Å²) in [6.07, 6.45) is 0. The molecule has 0 aliphatic heterocycles. The Morgan fingerprint density at radius 2 is 1.59 bits per heavy atom. The van der Waals surface area contributed by atoms with Crippen molar-refractivity contribution in [3.8, 4) is 0 Å². The quantitative estimate of drug-likeness (QED) is 0.790. The largest absolute Gasteiger partial charge is 0.343 e. The minimum absolute atomic E-state index is 0.0798. The van der Waals surface area contributed by atoms with Crippen molar-refractivity contribution in [3.05, 3.63) is 65.2 Å². The van der Waals surface area contributed by atoms with Gasteiger partial charge in [0.25, 0.3) is 11.8 Å². The summed E-state index contributed by atoms with van der Waals surface area (Å²) in [6, 6.07) is 13.9. The Balaban J connectivity index is 1.95. The molecule has 142 valence electrons. The highest BCUT2D eigenvalue weighted by Gasteiger charge is 2.13. The summed E-state index contributed by atoms with van der Waals surface area (Å²) in [5.41, 5.74) is 2.51. The Hall–Kier alpha value is -3.15. The number of carbonyl (C=O) groups excluding carboxylic acids is 3. The minimum Gasteiger partial charge on any atom is -0.343 e. The summed E-state index contributed by atoms with van der Waals surface area (Å²) in [5, 5.41) is 5.30. The Morgan fingerprint density at radius 3 is 2.26 bits per heavy atom. The van der Waals surface area contributed by atoms with E-state index in [0.717, 1.165) is 5.56 Å². The number of carbonyl (C=O) groups is 3. The SMILES string of the molecule is CCN(CC)C(=O)c1cccc(NC(=O)CNC(=O)c2cccc(C)c2)c1. The van der Waals surface area contributed by atoms with Crippen LogP contribution in [0.2, 0.25) is 0 Å². The van der Waals surface area contributed by atoms with Gasteiger partial charge in [-0.25, -0.2) is 0 Å². The van der Waals surface area contributed by atoms with Gasteiger partial charge in [-0.05, 0) is 51.1 Å². The third-order valence-electron chi connectivity index (χ3n) is 4.13. The molecule has 2 rings (SSSR count). The predicted octanol–water partition coefficient (Wildman–Crippen LogP) is 2.85. The van der Waals surface area contributed by atoms with Crippen LogP contribution in [0.3, 0.4) is 0 Å². The third-order valence-corrected chi connectivity index (χ3v) is 4.13. The molecule has 0 aliphatic rings. The second kappa shape index (κ2) is 9.52. The van der Waals surface area contributed by atoms with Crippen LogP contribution < -0.4 is 10.6 Å². The monoisotopic (exact) mass is 367 g/mol. The molecule has 27 heavy (non-hydrogen) atoms. The zero-order valence-corrected chi connectivity index (χ0v) is 15.9. The lowest BCUT2D eigenvalue weighted by Crippen LogP contribution is -2.33. The van der Waals surface area contributed by atoms with Crippen molar-refractivity contribution in [2.45, 2.75) is 20.8 Å². The first-order valence-corrected chi connectivity index (χ1v) is 8.98. The van der Waals surface area contributed by atoms with E-state index in [4.69, 9.17) is 0 Å². The first-order valence-electron chi connectivity index (χ1n) is 8.98. The Morgan fingerprint density at radius 1 is 0.926 bits per heavy atom. The van der Waals surface area contributed by atoms with Gasteiger partial charge in [0.2, 0.25) is 5.91 Å². The molecule has 6 heteroatoms. The molecule has 2 aromatic carbocycles.